The summed E-state index contributed by atoms with van der Waals surface area (Å²) in [5.74, 6) is 1.19. The van der Waals surface area contributed by atoms with Crippen LogP contribution < -0.4 is 5.69 Å². The number of hydrogen-bond acceptors (Lipinski definition) is 6. The van der Waals surface area contributed by atoms with E-state index in [4.69, 9.17) is 32.5 Å². The third-order valence-electron chi connectivity index (χ3n) is 5.61. The number of H-pyrrole nitrogens is 1. The predicted octanol–water partition coefficient (Wildman–Crippen LogP) is 5.25. The number of aromatic amines is 1. The van der Waals surface area contributed by atoms with Crippen LogP contribution in [0.25, 0.3) is 34.0 Å². The lowest BCUT2D eigenvalue weighted by Crippen LogP contribution is -2.24. The lowest BCUT2D eigenvalue weighted by molar-refractivity contribution is 0.148. The molecule has 10 heteroatoms. The second kappa shape index (κ2) is 9.06. The van der Waals surface area contributed by atoms with Crippen molar-refractivity contribution < 1.29 is 9.26 Å². The smallest absolute Gasteiger partial charge is 0.348 e. The average Bonchev–Trinajstić information content (AvgIpc) is 3.46. The van der Waals surface area contributed by atoms with Crippen LogP contribution in [0.2, 0.25) is 10.0 Å². The van der Waals surface area contributed by atoms with E-state index in [0.29, 0.717) is 50.8 Å². The first kappa shape index (κ1) is 22.3. The largest absolute Gasteiger partial charge is 0.376 e. The number of hydrogen-bond donors (Lipinski definition) is 1. The molecule has 0 spiro atoms. The number of benzene rings is 2. The zero-order valence-corrected chi connectivity index (χ0v) is 19.8. The summed E-state index contributed by atoms with van der Waals surface area (Å²) in [4.78, 5) is 20.0. The predicted molar refractivity (Wildman–Crippen MR) is 130 cm³/mol. The second-order valence-electron chi connectivity index (χ2n) is 7.76. The molecule has 2 heterocycles. The number of nitrogens with one attached hydrogen (secondary N) is 1. The van der Waals surface area contributed by atoms with Crippen LogP contribution in [0.15, 0.2) is 63.9 Å². The van der Waals surface area contributed by atoms with Gasteiger partial charge in [-0.3, -0.25) is 4.98 Å². The van der Waals surface area contributed by atoms with Crippen molar-refractivity contribution in [3.8, 4) is 22.8 Å². The minimum atomic E-state index is -0.410. The molecule has 4 aromatic rings. The molecule has 5 rings (SSSR count). The molecule has 0 saturated carbocycles. The van der Waals surface area contributed by atoms with Crippen molar-refractivity contribution in [3.63, 3.8) is 0 Å². The Kier molecular flexibility index (Phi) is 5.95. The van der Waals surface area contributed by atoms with Crippen molar-refractivity contribution >= 4 is 34.5 Å². The summed E-state index contributed by atoms with van der Waals surface area (Å²) < 4.78 is 12.5. The number of halogens is 2. The fraction of sp³-hybridized carbons (Fsp3) is 0.167. The Labute approximate surface area is 204 Å². The van der Waals surface area contributed by atoms with Gasteiger partial charge in [-0.15, -0.1) is 5.10 Å². The molecule has 34 heavy (non-hydrogen) atoms. The van der Waals surface area contributed by atoms with Gasteiger partial charge in [0.05, 0.1) is 16.8 Å². The topological polar surface area (TPSA) is 98.8 Å². The van der Waals surface area contributed by atoms with Gasteiger partial charge in [-0.2, -0.15) is 9.67 Å². The SMILES string of the molecule is COC1CC(n2nc(-c3c(C)cccc3Cl)[nH]c2=O)=CC=C1c1nc(-c2ccc(Cl)cc2)no1. The Bertz CT molecular complexity index is 1460. The van der Waals surface area contributed by atoms with Crippen LogP contribution in [0, 0.1) is 6.92 Å². The molecule has 2 aromatic carbocycles. The summed E-state index contributed by atoms with van der Waals surface area (Å²) in [6, 6.07) is 12.7. The maximum absolute atomic E-state index is 12.7. The van der Waals surface area contributed by atoms with Crippen molar-refractivity contribution in [2.24, 2.45) is 0 Å². The van der Waals surface area contributed by atoms with Crippen LogP contribution >= 0.6 is 23.2 Å². The highest BCUT2D eigenvalue weighted by molar-refractivity contribution is 6.33. The Balaban J connectivity index is 1.48. The van der Waals surface area contributed by atoms with Crippen molar-refractivity contribution in [3.05, 3.63) is 86.6 Å². The normalized spacial score (nSPS) is 15.8. The quantitative estimate of drug-likeness (QED) is 0.406. The van der Waals surface area contributed by atoms with Crippen molar-refractivity contribution in [1.82, 2.24) is 24.9 Å². The molecule has 1 N–H and O–H groups in total. The molecule has 0 bridgehead atoms. The molecule has 0 saturated heterocycles. The van der Waals surface area contributed by atoms with Gasteiger partial charge in [-0.05, 0) is 55.0 Å². The van der Waals surface area contributed by atoms with E-state index in [9.17, 15) is 4.79 Å². The molecule has 172 valence electrons. The number of allylic oxidation sites excluding steroid dienone is 2. The number of nitrogens with zero attached hydrogens (tertiary/aromatic N) is 4. The lowest BCUT2D eigenvalue weighted by Gasteiger charge is -2.21. The highest BCUT2D eigenvalue weighted by Gasteiger charge is 2.27. The summed E-state index contributed by atoms with van der Waals surface area (Å²) >= 11 is 12.3. The van der Waals surface area contributed by atoms with Gasteiger partial charge in [0.2, 0.25) is 5.82 Å². The summed E-state index contributed by atoms with van der Waals surface area (Å²) in [5.41, 5.74) is 3.39. The molecular weight excluding hydrogens is 477 g/mol. The fourth-order valence-corrected chi connectivity index (χ4v) is 4.30. The van der Waals surface area contributed by atoms with E-state index in [1.807, 2.05) is 31.2 Å². The van der Waals surface area contributed by atoms with Crippen LogP contribution in [-0.2, 0) is 4.74 Å². The fourth-order valence-electron chi connectivity index (χ4n) is 3.86. The summed E-state index contributed by atoms with van der Waals surface area (Å²) in [6.45, 7) is 1.91. The van der Waals surface area contributed by atoms with Crippen LogP contribution in [0.4, 0.5) is 0 Å². The highest BCUT2D eigenvalue weighted by Crippen LogP contribution is 2.32. The molecule has 2 aromatic heterocycles. The number of aromatic nitrogens is 5. The maximum atomic E-state index is 12.7. The third-order valence-corrected chi connectivity index (χ3v) is 6.17. The number of methoxy groups -OCH3 is 1. The molecular formula is C24H19Cl2N5O3. The van der Waals surface area contributed by atoms with Gasteiger partial charge in [-0.25, -0.2) is 4.79 Å². The van der Waals surface area contributed by atoms with Crippen molar-refractivity contribution in [2.75, 3.05) is 7.11 Å². The minimum Gasteiger partial charge on any atom is -0.376 e. The standard InChI is InChI=1S/C24H19Cl2N5O3/c1-13-4-3-5-18(26)20(13)22-28-24(32)31(29-22)16-10-11-17(19(12-16)33-2)23-27-21(30-34-23)14-6-8-15(25)9-7-14/h3-11,19H,12H2,1-2H3,(H,28,29,32). The second-order valence-corrected chi connectivity index (χ2v) is 8.60. The van der Waals surface area contributed by atoms with Gasteiger partial charge in [0.1, 0.15) is 0 Å². The highest BCUT2D eigenvalue weighted by atomic mass is 35.5. The van der Waals surface area contributed by atoms with Crippen LogP contribution in [0.1, 0.15) is 17.9 Å². The van der Waals surface area contributed by atoms with Crippen molar-refractivity contribution in [2.45, 2.75) is 19.4 Å². The van der Waals surface area contributed by atoms with Crippen LogP contribution in [0.5, 0.6) is 0 Å². The molecule has 0 aliphatic heterocycles. The van der Waals surface area contributed by atoms with Crippen molar-refractivity contribution in [1.29, 1.82) is 0 Å². The Hall–Kier alpha value is -3.46. The zero-order valence-electron chi connectivity index (χ0n) is 18.3. The van der Waals surface area contributed by atoms with E-state index >= 15 is 0 Å². The first-order valence-electron chi connectivity index (χ1n) is 10.4. The van der Waals surface area contributed by atoms with E-state index in [1.54, 1.807) is 37.5 Å². The first-order valence-corrected chi connectivity index (χ1v) is 11.2. The Morgan fingerprint density at radius 1 is 1.15 bits per heavy atom. The van der Waals surface area contributed by atoms with E-state index < -0.39 is 6.10 Å². The Morgan fingerprint density at radius 3 is 2.68 bits per heavy atom. The van der Waals surface area contributed by atoms with Crippen LogP contribution in [-0.4, -0.2) is 38.1 Å². The molecule has 1 atom stereocenters. The molecule has 0 radical (unpaired) electrons. The van der Waals surface area contributed by atoms with Gasteiger partial charge < -0.3 is 9.26 Å². The summed E-state index contributed by atoms with van der Waals surface area (Å²) in [6.07, 6.45) is 3.57. The molecule has 1 aliphatic rings. The number of ether oxygens (including phenoxy) is 1. The summed E-state index contributed by atoms with van der Waals surface area (Å²) in [7, 11) is 1.59. The maximum Gasteiger partial charge on any atom is 0.348 e. The molecule has 0 amide bonds. The monoisotopic (exact) mass is 495 g/mol. The van der Waals surface area contributed by atoms with Gasteiger partial charge in [0, 0.05) is 35.3 Å². The average molecular weight is 496 g/mol. The van der Waals surface area contributed by atoms with Gasteiger partial charge in [-0.1, -0.05) is 40.5 Å². The van der Waals surface area contributed by atoms with E-state index in [2.05, 4.69) is 20.2 Å². The molecule has 8 nitrogen and oxygen atoms in total. The van der Waals surface area contributed by atoms with E-state index in [0.717, 1.165) is 11.1 Å². The van der Waals surface area contributed by atoms with E-state index in [-0.39, 0.29) is 5.69 Å². The minimum absolute atomic E-state index is 0.342. The number of rotatable bonds is 5. The van der Waals surface area contributed by atoms with Gasteiger partial charge in [0.15, 0.2) is 5.82 Å². The third kappa shape index (κ3) is 4.11. The number of aryl methyl sites for hydroxylation is 1. The van der Waals surface area contributed by atoms with E-state index in [1.165, 1.54) is 4.68 Å². The van der Waals surface area contributed by atoms with Gasteiger partial charge >= 0.3 is 5.69 Å². The zero-order chi connectivity index (χ0) is 23.8. The molecule has 0 fully saturated rings. The Morgan fingerprint density at radius 2 is 1.94 bits per heavy atom. The summed E-state index contributed by atoms with van der Waals surface area (Å²) in [5, 5.41) is 9.71. The van der Waals surface area contributed by atoms with Crippen LogP contribution in [0.3, 0.4) is 0 Å². The molecule has 1 unspecified atom stereocenters. The molecule has 1 aliphatic carbocycles. The van der Waals surface area contributed by atoms with Gasteiger partial charge in [0.25, 0.3) is 5.89 Å². The lowest BCUT2D eigenvalue weighted by atomic mass is 9.99. The first-order chi connectivity index (χ1) is 16.4.